The van der Waals surface area contributed by atoms with Gasteiger partial charge >= 0.3 is 5.97 Å². The van der Waals surface area contributed by atoms with Crippen LogP contribution in [0, 0.1) is 11.3 Å². The number of hydrogen-bond acceptors (Lipinski definition) is 3. The summed E-state index contributed by atoms with van der Waals surface area (Å²) in [5, 5.41) is 8.88. The Hall–Kier alpha value is -1.82. The van der Waals surface area contributed by atoms with Crippen molar-refractivity contribution in [2.24, 2.45) is 0 Å². The summed E-state index contributed by atoms with van der Waals surface area (Å²) >= 11 is 0. The summed E-state index contributed by atoms with van der Waals surface area (Å²) < 4.78 is 4.91. The first-order valence-corrected chi connectivity index (χ1v) is 4.88. The van der Waals surface area contributed by atoms with Gasteiger partial charge in [0.25, 0.3) is 0 Å². The van der Waals surface area contributed by atoms with Gasteiger partial charge in [0.1, 0.15) is 11.8 Å². The quantitative estimate of drug-likeness (QED) is 0.560. The Morgan fingerprint density at radius 2 is 2.27 bits per heavy atom. The van der Waals surface area contributed by atoms with Gasteiger partial charge in [0.15, 0.2) is 0 Å². The number of esters is 1. The lowest BCUT2D eigenvalue weighted by Crippen LogP contribution is -2.03. The molecule has 0 spiro atoms. The smallest absolute Gasteiger partial charge is 0.308 e. The standard InChI is InChI=1S/C12H13NO2/c1-3-4-10-5-6-12(15-9(2)14)11(7-10)8-13/h5-7H,3-4H2,1-2H3. The fraction of sp³-hybridized carbons (Fsp3) is 0.333. The van der Waals surface area contributed by atoms with E-state index in [4.69, 9.17) is 10.00 Å². The predicted octanol–water partition coefficient (Wildman–Crippen LogP) is 2.44. The van der Waals surface area contributed by atoms with E-state index in [0.717, 1.165) is 18.4 Å². The lowest BCUT2D eigenvalue weighted by molar-refractivity contribution is -0.131. The van der Waals surface area contributed by atoms with E-state index in [1.54, 1.807) is 12.1 Å². The van der Waals surface area contributed by atoms with Crippen LogP contribution in [0.4, 0.5) is 0 Å². The van der Waals surface area contributed by atoms with Crippen molar-refractivity contribution in [3.8, 4) is 11.8 Å². The number of benzene rings is 1. The van der Waals surface area contributed by atoms with Crippen LogP contribution < -0.4 is 4.74 Å². The number of carbonyl (C=O) groups excluding carboxylic acids is 1. The average Bonchev–Trinajstić information content (AvgIpc) is 2.20. The normalized spacial score (nSPS) is 9.40. The zero-order chi connectivity index (χ0) is 11.3. The lowest BCUT2D eigenvalue weighted by Gasteiger charge is -2.05. The number of nitrogens with zero attached hydrogens (tertiary/aromatic N) is 1. The Balaban J connectivity index is 2.99. The van der Waals surface area contributed by atoms with Crippen molar-refractivity contribution in [1.82, 2.24) is 0 Å². The maximum Gasteiger partial charge on any atom is 0.308 e. The van der Waals surface area contributed by atoms with Crippen LogP contribution in [0.1, 0.15) is 31.4 Å². The number of carbonyl (C=O) groups is 1. The molecule has 3 nitrogen and oxygen atoms in total. The van der Waals surface area contributed by atoms with E-state index in [9.17, 15) is 4.79 Å². The van der Waals surface area contributed by atoms with Gasteiger partial charge in [-0.3, -0.25) is 4.79 Å². The molecule has 0 atom stereocenters. The van der Waals surface area contributed by atoms with Crippen LogP contribution in [0.25, 0.3) is 0 Å². The number of rotatable bonds is 3. The molecule has 0 aliphatic carbocycles. The van der Waals surface area contributed by atoms with Gasteiger partial charge < -0.3 is 4.74 Å². The molecule has 3 heteroatoms. The van der Waals surface area contributed by atoms with Crippen LogP contribution in [-0.2, 0) is 11.2 Å². The maximum absolute atomic E-state index is 10.8. The van der Waals surface area contributed by atoms with E-state index in [1.807, 2.05) is 12.1 Å². The summed E-state index contributed by atoms with van der Waals surface area (Å²) in [6, 6.07) is 7.34. The molecule has 0 amide bonds. The number of nitriles is 1. The topological polar surface area (TPSA) is 50.1 Å². The third kappa shape index (κ3) is 3.10. The molecule has 15 heavy (non-hydrogen) atoms. The van der Waals surface area contributed by atoms with Crippen LogP contribution in [0.3, 0.4) is 0 Å². The van der Waals surface area contributed by atoms with E-state index < -0.39 is 5.97 Å². The molecule has 0 fully saturated rings. The van der Waals surface area contributed by atoms with Crippen molar-refractivity contribution in [2.45, 2.75) is 26.7 Å². The number of aryl methyl sites for hydroxylation is 1. The molecular weight excluding hydrogens is 190 g/mol. The van der Waals surface area contributed by atoms with Crippen LogP contribution in [0.2, 0.25) is 0 Å². The van der Waals surface area contributed by atoms with Gasteiger partial charge in [-0.1, -0.05) is 19.4 Å². The van der Waals surface area contributed by atoms with Gasteiger partial charge in [-0.2, -0.15) is 5.26 Å². The molecule has 0 saturated heterocycles. The summed E-state index contributed by atoms with van der Waals surface area (Å²) in [7, 11) is 0. The van der Waals surface area contributed by atoms with Crippen LogP contribution in [-0.4, -0.2) is 5.97 Å². The van der Waals surface area contributed by atoms with Crippen molar-refractivity contribution in [1.29, 1.82) is 5.26 Å². The lowest BCUT2D eigenvalue weighted by atomic mass is 10.1. The molecular formula is C12H13NO2. The SMILES string of the molecule is CCCc1ccc(OC(C)=O)c(C#N)c1. The van der Waals surface area contributed by atoms with Crippen molar-refractivity contribution in [3.63, 3.8) is 0 Å². The van der Waals surface area contributed by atoms with Gasteiger partial charge in [-0.05, 0) is 24.1 Å². The van der Waals surface area contributed by atoms with Crippen molar-refractivity contribution >= 4 is 5.97 Å². The monoisotopic (exact) mass is 203 g/mol. The first-order valence-electron chi connectivity index (χ1n) is 4.88. The van der Waals surface area contributed by atoms with Crippen molar-refractivity contribution in [2.75, 3.05) is 0 Å². The summed E-state index contributed by atoms with van der Waals surface area (Å²) in [5.41, 5.74) is 1.50. The molecule has 0 bridgehead atoms. The summed E-state index contributed by atoms with van der Waals surface area (Å²) in [6.45, 7) is 3.40. The zero-order valence-corrected chi connectivity index (χ0v) is 8.91. The summed E-state index contributed by atoms with van der Waals surface area (Å²) in [4.78, 5) is 10.8. The average molecular weight is 203 g/mol. The van der Waals surface area contributed by atoms with Gasteiger partial charge in [0, 0.05) is 6.92 Å². The predicted molar refractivity (Wildman–Crippen MR) is 56.5 cm³/mol. The Kier molecular flexibility index (Phi) is 3.87. The first kappa shape index (κ1) is 11.3. The minimum absolute atomic E-state index is 0.338. The molecule has 1 aromatic carbocycles. The Bertz CT molecular complexity index is 405. The second kappa shape index (κ2) is 5.16. The van der Waals surface area contributed by atoms with E-state index >= 15 is 0 Å². The van der Waals surface area contributed by atoms with E-state index in [-0.39, 0.29) is 0 Å². The van der Waals surface area contributed by atoms with Crippen LogP contribution in [0.5, 0.6) is 5.75 Å². The molecule has 78 valence electrons. The van der Waals surface area contributed by atoms with Gasteiger partial charge in [-0.15, -0.1) is 0 Å². The molecule has 1 rings (SSSR count). The molecule has 0 aromatic heterocycles. The zero-order valence-electron chi connectivity index (χ0n) is 8.91. The van der Waals surface area contributed by atoms with E-state index in [0.29, 0.717) is 11.3 Å². The first-order chi connectivity index (χ1) is 7.17. The maximum atomic E-state index is 10.8. The van der Waals surface area contributed by atoms with E-state index in [2.05, 4.69) is 6.92 Å². The van der Waals surface area contributed by atoms with Gasteiger partial charge in [0.05, 0.1) is 5.56 Å². The number of ether oxygens (including phenoxy) is 1. The molecule has 0 unspecified atom stereocenters. The highest BCUT2D eigenvalue weighted by molar-refractivity contribution is 5.70. The highest BCUT2D eigenvalue weighted by Crippen LogP contribution is 2.20. The fourth-order valence-electron chi connectivity index (χ4n) is 1.35. The molecule has 0 heterocycles. The number of hydrogen-bond donors (Lipinski definition) is 0. The van der Waals surface area contributed by atoms with Gasteiger partial charge in [0.2, 0.25) is 0 Å². The second-order valence-electron chi connectivity index (χ2n) is 3.29. The van der Waals surface area contributed by atoms with Crippen LogP contribution >= 0.6 is 0 Å². The van der Waals surface area contributed by atoms with E-state index in [1.165, 1.54) is 6.92 Å². The second-order valence-corrected chi connectivity index (χ2v) is 3.29. The minimum atomic E-state index is -0.408. The van der Waals surface area contributed by atoms with Crippen molar-refractivity contribution in [3.05, 3.63) is 29.3 Å². The molecule has 0 N–H and O–H groups in total. The molecule has 0 aliphatic rings. The highest BCUT2D eigenvalue weighted by Gasteiger charge is 2.06. The summed E-state index contributed by atoms with van der Waals surface area (Å²) in [6.07, 6.45) is 1.95. The van der Waals surface area contributed by atoms with Gasteiger partial charge in [-0.25, -0.2) is 0 Å². The molecule has 1 aromatic rings. The minimum Gasteiger partial charge on any atom is -0.425 e. The molecule has 0 radical (unpaired) electrons. The summed E-state index contributed by atoms with van der Waals surface area (Å²) in [5.74, 6) is -0.0698. The third-order valence-electron chi connectivity index (χ3n) is 1.96. The third-order valence-corrected chi connectivity index (χ3v) is 1.96. The fourth-order valence-corrected chi connectivity index (χ4v) is 1.35. The Morgan fingerprint density at radius 1 is 1.53 bits per heavy atom. The Morgan fingerprint density at radius 3 is 2.80 bits per heavy atom. The molecule has 0 aliphatic heterocycles. The van der Waals surface area contributed by atoms with Crippen molar-refractivity contribution < 1.29 is 9.53 Å². The van der Waals surface area contributed by atoms with Crippen LogP contribution in [0.15, 0.2) is 18.2 Å². The highest BCUT2D eigenvalue weighted by atomic mass is 16.5. The largest absolute Gasteiger partial charge is 0.425 e. The molecule has 0 saturated carbocycles. The Labute approximate surface area is 89.3 Å².